The Labute approximate surface area is 204 Å². The number of hydrogen-bond acceptors (Lipinski definition) is 6. The van der Waals surface area contributed by atoms with Gasteiger partial charge in [-0.25, -0.2) is 0 Å². The molecule has 1 fully saturated rings. The van der Waals surface area contributed by atoms with Crippen LogP contribution in [0.3, 0.4) is 0 Å². The molecule has 1 aliphatic heterocycles. The maximum atomic E-state index is 12.8. The third-order valence-corrected chi connectivity index (χ3v) is 6.38. The first kappa shape index (κ1) is 22.7. The van der Waals surface area contributed by atoms with Gasteiger partial charge in [0.05, 0.1) is 19.1 Å². The number of carbonyl (C=O) groups excluding carboxylic acids is 1. The summed E-state index contributed by atoms with van der Waals surface area (Å²) in [6.07, 6.45) is 0.356. The van der Waals surface area contributed by atoms with Crippen LogP contribution in [0, 0.1) is 0 Å². The minimum atomic E-state index is -0.127. The van der Waals surface area contributed by atoms with Crippen molar-refractivity contribution in [2.45, 2.75) is 31.9 Å². The van der Waals surface area contributed by atoms with Crippen molar-refractivity contribution in [3.63, 3.8) is 0 Å². The fourth-order valence-electron chi connectivity index (χ4n) is 4.29. The highest BCUT2D eigenvalue weighted by atomic mass is 16.5. The zero-order valence-electron chi connectivity index (χ0n) is 19.8. The summed E-state index contributed by atoms with van der Waals surface area (Å²) in [5.41, 5.74) is 3.00. The minimum absolute atomic E-state index is 0.0516. The van der Waals surface area contributed by atoms with E-state index in [9.17, 15) is 4.79 Å². The van der Waals surface area contributed by atoms with Crippen LogP contribution in [0.2, 0.25) is 0 Å². The molecule has 1 saturated heterocycles. The maximum absolute atomic E-state index is 12.8. The number of aromatic nitrogens is 2. The SMILES string of the molecule is COc1ccc(C(C)N2CC(c3nc(-c4ccc(OCc5ccccc5)cc4)no3)CC2=O)cc1. The van der Waals surface area contributed by atoms with Crippen molar-refractivity contribution in [3.05, 3.63) is 95.9 Å². The highest BCUT2D eigenvalue weighted by Gasteiger charge is 2.37. The highest BCUT2D eigenvalue weighted by molar-refractivity contribution is 5.80. The number of benzene rings is 3. The number of rotatable bonds is 8. The van der Waals surface area contributed by atoms with E-state index in [1.807, 2.05) is 90.7 Å². The first-order valence-electron chi connectivity index (χ1n) is 11.6. The van der Waals surface area contributed by atoms with Crippen molar-refractivity contribution in [2.24, 2.45) is 0 Å². The van der Waals surface area contributed by atoms with Gasteiger partial charge in [0, 0.05) is 18.5 Å². The van der Waals surface area contributed by atoms with Crippen LogP contribution in [0.25, 0.3) is 11.4 Å². The van der Waals surface area contributed by atoms with Crippen molar-refractivity contribution < 1.29 is 18.8 Å². The Kier molecular flexibility index (Phi) is 6.48. The lowest BCUT2D eigenvalue weighted by molar-refractivity contribution is -0.129. The Balaban J connectivity index is 1.22. The first-order valence-corrected chi connectivity index (χ1v) is 11.6. The number of hydrogen-bond donors (Lipinski definition) is 0. The van der Waals surface area contributed by atoms with Gasteiger partial charge in [-0.15, -0.1) is 0 Å². The van der Waals surface area contributed by atoms with Crippen molar-refractivity contribution in [3.8, 4) is 22.9 Å². The Morgan fingerprint density at radius 3 is 2.43 bits per heavy atom. The standard InChI is InChI=1S/C28H27N3O4/c1-19(21-8-12-24(33-2)13-9-21)31-17-23(16-26(31)32)28-29-27(30-35-28)22-10-14-25(15-11-22)34-18-20-6-4-3-5-7-20/h3-15,19,23H,16-18H2,1-2H3. The molecular formula is C28H27N3O4. The molecule has 0 spiro atoms. The van der Waals surface area contributed by atoms with Crippen molar-refractivity contribution in [2.75, 3.05) is 13.7 Å². The van der Waals surface area contributed by atoms with Gasteiger partial charge in [-0.2, -0.15) is 4.98 Å². The molecule has 5 rings (SSSR count). The van der Waals surface area contributed by atoms with Crippen LogP contribution < -0.4 is 9.47 Å². The van der Waals surface area contributed by atoms with E-state index in [0.717, 1.165) is 28.2 Å². The number of likely N-dealkylation sites (tertiary alicyclic amines) is 1. The second-order valence-electron chi connectivity index (χ2n) is 8.65. The monoisotopic (exact) mass is 469 g/mol. The molecule has 4 aromatic rings. The summed E-state index contributed by atoms with van der Waals surface area (Å²) in [5.74, 6) is 2.51. The predicted molar refractivity (Wildman–Crippen MR) is 131 cm³/mol. The Bertz CT molecular complexity index is 1270. The van der Waals surface area contributed by atoms with Crippen LogP contribution in [0.15, 0.2) is 83.4 Å². The molecule has 0 N–H and O–H groups in total. The Morgan fingerprint density at radius 2 is 1.71 bits per heavy atom. The Hall–Kier alpha value is -4.13. The second-order valence-corrected chi connectivity index (χ2v) is 8.65. The molecule has 0 saturated carbocycles. The zero-order valence-corrected chi connectivity index (χ0v) is 19.8. The summed E-state index contributed by atoms with van der Waals surface area (Å²) in [5, 5.41) is 4.16. The van der Waals surface area contributed by atoms with Crippen LogP contribution in [-0.2, 0) is 11.4 Å². The van der Waals surface area contributed by atoms with E-state index in [0.29, 0.717) is 31.3 Å². The lowest BCUT2D eigenvalue weighted by Crippen LogP contribution is -2.28. The molecule has 35 heavy (non-hydrogen) atoms. The molecule has 1 amide bonds. The molecule has 1 aliphatic rings. The molecule has 7 nitrogen and oxygen atoms in total. The Morgan fingerprint density at radius 1 is 1.00 bits per heavy atom. The van der Waals surface area contributed by atoms with E-state index in [4.69, 9.17) is 14.0 Å². The zero-order chi connectivity index (χ0) is 24.2. The number of nitrogens with zero attached hydrogens (tertiary/aromatic N) is 3. The van der Waals surface area contributed by atoms with E-state index < -0.39 is 0 Å². The summed E-state index contributed by atoms with van der Waals surface area (Å²) in [7, 11) is 1.64. The predicted octanol–water partition coefficient (Wildman–Crippen LogP) is 5.40. The van der Waals surface area contributed by atoms with Gasteiger partial charge in [0.1, 0.15) is 18.1 Å². The van der Waals surface area contributed by atoms with Crippen LogP contribution in [0.1, 0.15) is 42.3 Å². The van der Waals surface area contributed by atoms with E-state index in [1.54, 1.807) is 7.11 Å². The summed E-state index contributed by atoms with van der Waals surface area (Å²) >= 11 is 0. The molecule has 2 unspecified atom stereocenters. The van der Waals surface area contributed by atoms with Crippen molar-refractivity contribution in [1.82, 2.24) is 15.0 Å². The molecule has 0 radical (unpaired) electrons. The third-order valence-electron chi connectivity index (χ3n) is 6.38. The molecule has 1 aromatic heterocycles. The normalized spacial score (nSPS) is 16.3. The smallest absolute Gasteiger partial charge is 0.232 e. The lowest BCUT2D eigenvalue weighted by Gasteiger charge is -2.25. The quantitative estimate of drug-likeness (QED) is 0.344. The van der Waals surface area contributed by atoms with Gasteiger partial charge < -0.3 is 18.9 Å². The molecule has 0 bridgehead atoms. The van der Waals surface area contributed by atoms with Crippen LogP contribution in [0.5, 0.6) is 11.5 Å². The number of methoxy groups -OCH3 is 1. The molecular weight excluding hydrogens is 442 g/mol. The molecule has 2 atom stereocenters. The molecule has 178 valence electrons. The van der Waals surface area contributed by atoms with Gasteiger partial charge in [0.15, 0.2) is 0 Å². The average molecular weight is 470 g/mol. The number of amides is 1. The largest absolute Gasteiger partial charge is 0.497 e. The van der Waals surface area contributed by atoms with Crippen molar-refractivity contribution in [1.29, 1.82) is 0 Å². The van der Waals surface area contributed by atoms with Crippen LogP contribution >= 0.6 is 0 Å². The molecule has 0 aliphatic carbocycles. The summed E-state index contributed by atoms with van der Waals surface area (Å²) in [4.78, 5) is 19.2. The molecule has 3 aromatic carbocycles. The minimum Gasteiger partial charge on any atom is -0.497 e. The van der Waals surface area contributed by atoms with Gasteiger partial charge in [-0.05, 0) is 54.4 Å². The number of ether oxygens (including phenoxy) is 2. The fourth-order valence-corrected chi connectivity index (χ4v) is 4.29. The average Bonchev–Trinajstić information content (AvgIpc) is 3.55. The second kappa shape index (κ2) is 10.0. The third kappa shape index (κ3) is 5.04. The number of carbonyl (C=O) groups is 1. The molecule has 2 heterocycles. The van der Waals surface area contributed by atoms with Gasteiger partial charge in [0.25, 0.3) is 0 Å². The first-order chi connectivity index (χ1) is 17.1. The summed E-state index contributed by atoms with van der Waals surface area (Å²) in [6, 6.07) is 25.4. The van der Waals surface area contributed by atoms with Gasteiger partial charge in [-0.3, -0.25) is 4.79 Å². The summed E-state index contributed by atoms with van der Waals surface area (Å²) < 4.78 is 16.6. The van der Waals surface area contributed by atoms with E-state index in [1.165, 1.54) is 0 Å². The van der Waals surface area contributed by atoms with E-state index in [-0.39, 0.29) is 17.9 Å². The van der Waals surface area contributed by atoms with E-state index >= 15 is 0 Å². The summed E-state index contributed by atoms with van der Waals surface area (Å²) in [6.45, 7) is 3.08. The van der Waals surface area contributed by atoms with Crippen LogP contribution in [0.4, 0.5) is 0 Å². The molecule has 7 heteroatoms. The van der Waals surface area contributed by atoms with E-state index in [2.05, 4.69) is 10.1 Å². The van der Waals surface area contributed by atoms with Crippen LogP contribution in [-0.4, -0.2) is 34.6 Å². The van der Waals surface area contributed by atoms with Gasteiger partial charge >= 0.3 is 0 Å². The topological polar surface area (TPSA) is 77.7 Å². The van der Waals surface area contributed by atoms with Gasteiger partial charge in [-0.1, -0.05) is 47.6 Å². The maximum Gasteiger partial charge on any atom is 0.232 e. The lowest BCUT2D eigenvalue weighted by atomic mass is 10.1. The highest BCUT2D eigenvalue weighted by Crippen LogP contribution is 2.34. The van der Waals surface area contributed by atoms with Crippen molar-refractivity contribution >= 4 is 5.91 Å². The fraction of sp³-hybridized carbons (Fsp3) is 0.250. The van der Waals surface area contributed by atoms with Gasteiger partial charge in [0.2, 0.25) is 17.6 Å².